The van der Waals surface area contributed by atoms with Crippen LogP contribution in [0.5, 0.6) is 11.5 Å². The number of hydrogen-bond donors (Lipinski definition) is 0. The van der Waals surface area contributed by atoms with Crippen molar-refractivity contribution in [1.29, 1.82) is 5.26 Å². The Hall–Kier alpha value is -1.31. The number of ether oxygens (including phenoxy) is 1. The largest absolute Gasteiger partial charge is 0.457 e. The van der Waals surface area contributed by atoms with E-state index in [2.05, 4.69) is 37.9 Å². The number of aryl methyl sites for hydroxylation is 1. The van der Waals surface area contributed by atoms with Crippen molar-refractivity contribution in [2.75, 3.05) is 0 Å². The van der Waals surface area contributed by atoms with Crippen molar-refractivity contribution in [2.24, 2.45) is 0 Å². The van der Waals surface area contributed by atoms with E-state index < -0.39 is 0 Å². The van der Waals surface area contributed by atoms with Gasteiger partial charge in [0.15, 0.2) is 0 Å². The molecule has 2 aromatic rings. The molecule has 0 radical (unpaired) electrons. The van der Waals surface area contributed by atoms with Gasteiger partial charge in [-0.15, -0.1) is 0 Å². The van der Waals surface area contributed by atoms with Gasteiger partial charge in [0.25, 0.3) is 0 Å². The van der Waals surface area contributed by atoms with Gasteiger partial charge in [-0.2, -0.15) is 5.26 Å². The van der Waals surface area contributed by atoms with E-state index in [0.717, 1.165) is 20.3 Å². The predicted octanol–water partition coefficient (Wildman–Crippen LogP) is 5.18. The zero-order chi connectivity index (χ0) is 13.1. The molecule has 0 amide bonds. The summed E-state index contributed by atoms with van der Waals surface area (Å²) in [5.41, 5.74) is 1.70. The van der Waals surface area contributed by atoms with Crippen LogP contribution >= 0.6 is 31.9 Å². The van der Waals surface area contributed by atoms with Crippen molar-refractivity contribution in [3.05, 3.63) is 56.5 Å². The van der Waals surface area contributed by atoms with Crippen molar-refractivity contribution in [2.45, 2.75) is 6.92 Å². The first-order chi connectivity index (χ1) is 8.60. The zero-order valence-electron chi connectivity index (χ0n) is 9.58. The summed E-state index contributed by atoms with van der Waals surface area (Å²) in [4.78, 5) is 0. The lowest BCUT2D eigenvalue weighted by Gasteiger charge is -2.08. The number of nitrogens with zero attached hydrogens (tertiary/aromatic N) is 1. The first-order valence-electron chi connectivity index (χ1n) is 5.24. The Morgan fingerprint density at radius 1 is 1.00 bits per heavy atom. The van der Waals surface area contributed by atoms with Crippen LogP contribution in [0.3, 0.4) is 0 Å². The van der Waals surface area contributed by atoms with Crippen LogP contribution in [0.25, 0.3) is 0 Å². The summed E-state index contributed by atoms with van der Waals surface area (Å²) in [6, 6.07) is 13.2. The summed E-state index contributed by atoms with van der Waals surface area (Å²) in [5.74, 6) is 1.47. The van der Waals surface area contributed by atoms with Gasteiger partial charge < -0.3 is 4.74 Å². The highest BCUT2D eigenvalue weighted by Crippen LogP contribution is 2.29. The molecule has 0 aliphatic carbocycles. The third kappa shape index (κ3) is 2.92. The van der Waals surface area contributed by atoms with E-state index >= 15 is 0 Å². The molecule has 0 saturated heterocycles. The molecule has 0 atom stereocenters. The average molecular weight is 367 g/mol. The molecule has 18 heavy (non-hydrogen) atoms. The van der Waals surface area contributed by atoms with Crippen LogP contribution in [0.1, 0.15) is 11.1 Å². The van der Waals surface area contributed by atoms with Gasteiger partial charge in [0.1, 0.15) is 17.6 Å². The van der Waals surface area contributed by atoms with Crippen molar-refractivity contribution < 1.29 is 4.74 Å². The van der Waals surface area contributed by atoms with Crippen LogP contribution in [0, 0.1) is 18.3 Å². The van der Waals surface area contributed by atoms with Gasteiger partial charge in [-0.05, 0) is 64.8 Å². The van der Waals surface area contributed by atoms with Crippen LogP contribution in [0.4, 0.5) is 0 Å². The topological polar surface area (TPSA) is 33.0 Å². The maximum Gasteiger partial charge on any atom is 0.128 e. The number of benzene rings is 2. The lowest BCUT2D eigenvalue weighted by atomic mass is 10.2. The molecule has 0 aromatic heterocycles. The second kappa shape index (κ2) is 5.55. The van der Waals surface area contributed by atoms with Gasteiger partial charge in [-0.3, -0.25) is 0 Å². The SMILES string of the molecule is Cc1cc(Oc2ccc(C#N)c(Br)c2)ccc1Br. The summed E-state index contributed by atoms with van der Waals surface area (Å²) >= 11 is 6.78. The van der Waals surface area contributed by atoms with Crippen molar-refractivity contribution in [3.8, 4) is 17.6 Å². The van der Waals surface area contributed by atoms with E-state index in [1.807, 2.05) is 25.1 Å². The van der Waals surface area contributed by atoms with Gasteiger partial charge >= 0.3 is 0 Å². The minimum atomic E-state index is 0.592. The van der Waals surface area contributed by atoms with Gasteiger partial charge in [-0.25, -0.2) is 0 Å². The van der Waals surface area contributed by atoms with E-state index in [9.17, 15) is 0 Å². The fourth-order valence-electron chi connectivity index (χ4n) is 1.47. The molecule has 0 unspecified atom stereocenters. The molecule has 4 heteroatoms. The summed E-state index contributed by atoms with van der Waals surface area (Å²) in [5, 5.41) is 8.84. The first-order valence-corrected chi connectivity index (χ1v) is 6.82. The molecule has 0 spiro atoms. The minimum absolute atomic E-state index is 0.592. The number of halogens is 2. The summed E-state index contributed by atoms with van der Waals surface area (Å²) in [7, 11) is 0. The maximum atomic E-state index is 8.84. The molecule has 0 saturated carbocycles. The second-order valence-corrected chi connectivity index (χ2v) is 5.48. The van der Waals surface area contributed by atoms with Crippen molar-refractivity contribution in [1.82, 2.24) is 0 Å². The minimum Gasteiger partial charge on any atom is -0.457 e. The van der Waals surface area contributed by atoms with Crippen molar-refractivity contribution >= 4 is 31.9 Å². The number of hydrogen-bond acceptors (Lipinski definition) is 2. The lowest BCUT2D eigenvalue weighted by Crippen LogP contribution is -1.87. The Morgan fingerprint density at radius 3 is 2.28 bits per heavy atom. The molecule has 0 N–H and O–H groups in total. The molecule has 2 nitrogen and oxygen atoms in total. The van der Waals surface area contributed by atoms with Crippen LogP contribution in [0.15, 0.2) is 45.3 Å². The second-order valence-electron chi connectivity index (χ2n) is 3.77. The molecule has 90 valence electrons. The van der Waals surface area contributed by atoms with E-state index in [-0.39, 0.29) is 0 Å². The highest BCUT2D eigenvalue weighted by Gasteiger charge is 2.04. The highest BCUT2D eigenvalue weighted by atomic mass is 79.9. The number of nitriles is 1. The van der Waals surface area contributed by atoms with E-state index in [1.54, 1.807) is 18.2 Å². The van der Waals surface area contributed by atoms with E-state index in [1.165, 1.54) is 0 Å². The fraction of sp³-hybridized carbons (Fsp3) is 0.0714. The third-order valence-corrected chi connectivity index (χ3v) is 3.97. The Balaban J connectivity index is 2.26. The first kappa shape index (κ1) is 13.1. The Kier molecular flexibility index (Phi) is 4.05. The van der Waals surface area contributed by atoms with Crippen molar-refractivity contribution in [3.63, 3.8) is 0 Å². The van der Waals surface area contributed by atoms with Crippen LogP contribution in [-0.4, -0.2) is 0 Å². The summed E-state index contributed by atoms with van der Waals surface area (Å²) < 4.78 is 7.52. The molecular formula is C14H9Br2NO. The maximum absolute atomic E-state index is 8.84. The zero-order valence-corrected chi connectivity index (χ0v) is 12.7. The van der Waals surface area contributed by atoms with Gasteiger partial charge in [0.05, 0.1) is 5.56 Å². The average Bonchev–Trinajstić information content (AvgIpc) is 2.34. The molecule has 0 heterocycles. The summed E-state index contributed by atoms with van der Waals surface area (Å²) in [6.45, 7) is 2.01. The quantitative estimate of drug-likeness (QED) is 0.733. The molecule has 0 aliphatic heterocycles. The Labute approximate surface area is 122 Å². The highest BCUT2D eigenvalue weighted by molar-refractivity contribution is 9.10. The summed E-state index contributed by atoms with van der Waals surface area (Å²) in [6.07, 6.45) is 0. The Bertz CT molecular complexity index is 632. The van der Waals surface area contributed by atoms with E-state index in [0.29, 0.717) is 11.3 Å². The van der Waals surface area contributed by atoms with Crippen LogP contribution in [0.2, 0.25) is 0 Å². The predicted molar refractivity (Wildman–Crippen MR) is 77.8 cm³/mol. The third-order valence-electron chi connectivity index (χ3n) is 2.43. The van der Waals surface area contributed by atoms with Gasteiger partial charge in [0, 0.05) is 8.95 Å². The normalized spacial score (nSPS) is 9.89. The molecule has 2 aromatic carbocycles. The van der Waals surface area contributed by atoms with E-state index in [4.69, 9.17) is 10.00 Å². The Morgan fingerprint density at radius 2 is 1.67 bits per heavy atom. The number of rotatable bonds is 2. The molecule has 2 rings (SSSR count). The van der Waals surface area contributed by atoms with Crippen LogP contribution < -0.4 is 4.74 Å². The lowest BCUT2D eigenvalue weighted by molar-refractivity contribution is 0.482. The monoisotopic (exact) mass is 365 g/mol. The molecule has 0 aliphatic rings. The molecule has 0 fully saturated rings. The standard InChI is InChI=1S/C14H9Br2NO/c1-9-6-11(4-5-13(9)15)18-12-3-2-10(8-17)14(16)7-12/h2-7H,1H3. The van der Waals surface area contributed by atoms with Gasteiger partial charge in [-0.1, -0.05) is 15.9 Å². The molecular weight excluding hydrogens is 358 g/mol. The fourth-order valence-corrected chi connectivity index (χ4v) is 2.16. The van der Waals surface area contributed by atoms with Gasteiger partial charge in [0.2, 0.25) is 0 Å². The van der Waals surface area contributed by atoms with Crippen LogP contribution in [-0.2, 0) is 0 Å². The smallest absolute Gasteiger partial charge is 0.128 e. The molecule has 0 bridgehead atoms.